The van der Waals surface area contributed by atoms with Crippen molar-refractivity contribution in [2.24, 2.45) is 0 Å². The molecule has 0 aromatic heterocycles. The molecule has 0 aliphatic rings. The molecule has 0 aliphatic carbocycles. The van der Waals surface area contributed by atoms with E-state index in [-0.39, 0.29) is 0 Å². The van der Waals surface area contributed by atoms with Gasteiger partial charge in [-0.25, -0.2) is 0 Å². The van der Waals surface area contributed by atoms with Gasteiger partial charge in [-0.05, 0) is 50.7 Å². The van der Waals surface area contributed by atoms with Crippen LogP contribution in [-0.2, 0) is 0 Å². The van der Waals surface area contributed by atoms with Crippen molar-refractivity contribution in [1.82, 2.24) is 0 Å². The SMILES string of the molecule is C#CCCCCCOc1[c]ccc(OCCCCCC#C)c1. The minimum atomic E-state index is 0.691. The molecular formula is C20H25O2. The quantitative estimate of drug-likeness (QED) is 0.413. The predicted octanol–water partition coefficient (Wildman–Crippen LogP) is 4.63. The van der Waals surface area contributed by atoms with E-state index in [1.807, 2.05) is 18.2 Å². The molecule has 0 saturated carbocycles. The van der Waals surface area contributed by atoms with Gasteiger partial charge in [0.15, 0.2) is 0 Å². The van der Waals surface area contributed by atoms with Crippen molar-refractivity contribution in [3.8, 4) is 36.2 Å². The summed E-state index contributed by atoms with van der Waals surface area (Å²) in [7, 11) is 0. The summed E-state index contributed by atoms with van der Waals surface area (Å²) >= 11 is 0. The number of hydrogen-bond acceptors (Lipinski definition) is 2. The Labute approximate surface area is 135 Å². The van der Waals surface area contributed by atoms with Crippen molar-refractivity contribution in [2.75, 3.05) is 13.2 Å². The lowest BCUT2D eigenvalue weighted by Crippen LogP contribution is -2.00. The molecule has 0 bridgehead atoms. The first-order valence-electron chi connectivity index (χ1n) is 8.01. The molecule has 0 heterocycles. The second-order valence-corrected chi connectivity index (χ2v) is 5.12. The lowest BCUT2D eigenvalue weighted by molar-refractivity contribution is 0.290. The van der Waals surface area contributed by atoms with E-state index in [9.17, 15) is 0 Å². The van der Waals surface area contributed by atoms with E-state index in [0.29, 0.717) is 13.2 Å². The van der Waals surface area contributed by atoms with Gasteiger partial charge in [0, 0.05) is 25.0 Å². The van der Waals surface area contributed by atoms with Crippen molar-refractivity contribution < 1.29 is 9.47 Å². The molecule has 0 saturated heterocycles. The second-order valence-electron chi connectivity index (χ2n) is 5.12. The predicted molar refractivity (Wildman–Crippen MR) is 90.9 cm³/mol. The van der Waals surface area contributed by atoms with Crippen LogP contribution in [0.5, 0.6) is 11.5 Å². The molecule has 0 fully saturated rings. The highest BCUT2D eigenvalue weighted by Gasteiger charge is 1.99. The standard InChI is InChI=1S/C20H25O2/c1-3-5-7-9-11-16-21-19-14-13-15-20(18-19)22-17-12-10-8-6-4-2/h1-2,13-14,18H,5-12,16-17H2. The molecule has 0 N–H and O–H groups in total. The van der Waals surface area contributed by atoms with Crippen LogP contribution in [-0.4, -0.2) is 13.2 Å². The van der Waals surface area contributed by atoms with Crippen molar-refractivity contribution in [3.63, 3.8) is 0 Å². The third kappa shape index (κ3) is 8.98. The fraction of sp³-hybridized carbons (Fsp3) is 0.500. The van der Waals surface area contributed by atoms with Gasteiger partial charge >= 0.3 is 0 Å². The average Bonchev–Trinajstić information content (AvgIpc) is 2.54. The molecule has 2 nitrogen and oxygen atoms in total. The molecule has 0 unspecified atom stereocenters. The summed E-state index contributed by atoms with van der Waals surface area (Å²) in [5.74, 6) is 6.86. The first-order valence-corrected chi connectivity index (χ1v) is 8.01. The molecule has 0 amide bonds. The Kier molecular flexibility index (Phi) is 10.4. The third-order valence-electron chi connectivity index (χ3n) is 3.20. The lowest BCUT2D eigenvalue weighted by Gasteiger charge is -2.09. The molecule has 1 aromatic carbocycles. The number of unbranched alkanes of at least 4 members (excludes halogenated alkanes) is 6. The Balaban J connectivity index is 2.16. The normalized spacial score (nSPS) is 9.73. The van der Waals surface area contributed by atoms with Crippen LogP contribution in [0, 0.1) is 30.8 Å². The number of terminal acetylenes is 2. The van der Waals surface area contributed by atoms with E-state index in [0.717, 1.165) is 62.9 Å². The van der Waals surface area contributed by atoms with Crippen LogP contribution < -0.4 is 9.47 Å². The maximum absolute atomic E-state index is 5.71. The van der Waals surface area contributed by atoms with E-state index in [4.69, 9.17) is 22.3 Å². The molecule has 1 aromatic rings. The maximum Gasteiger partial charge on any atom is 0.130 e. The molecule has 117 valence electrons. The van der Waals surface area contributed by atoms with E-state index in [1.165, 1.54) is 0 Å². The van der Waals surface area contributed by atoms with Crippen LogP contribution in [0.25, 0.3) is 0 Å². The number of hydrogen-bond donors (Lipinski definition) is 0. The number of benzene rings is 1. The van der Waals surface area contributed by atoms with E-state index in [1.54, 1.807) is 0 Å². The van der Waals surface area contributed by atoms with E-state index < -0.39 is 0 Å². The first kappa shape index (κ1) is 18.0. The Morgan fingerprint density at radius 1 is 0.864 bits per heavy atom. The summed E-state index contributed by atoms with van der Waals surface area (Å²) in [6.07, 6.45) is 18.5. The molecule has 22 heavy (non-hydrogen) atoms. The summed E-state index contributed by atoms with van der Waals surface area (Å²) in [6.45, 7) is 1.40. The molecule has 0 aliphatic heterocycles. The van der Waals surface area contributed by atoms with Crippen LogP contribution in [0.3, 0.4) is 0 Å². The Morgan fingerprint density at radius 2 is 1.50 bits per heavy atom. The summed E-state index contributed by atoms with van der Waals surface area (Å²) in [4.78, 5) is 0. The van der Waals surface area contributed by atoms with E-state index in [2.05, 4.69) is 17.9 Å². The topological polar surface area (TPSA) is 18.5 Å². The van der Waals surface area contributed by atoms with Gasteiger partial charge in [-0.15, -0.1) is 24.7 Å². The third-order valence-corrected chi connectivity index (χ3v) is 3.20. The highest BCUT2D eigenvalue weighted by molar-refractivity contribution is 5.31. The van der Waals surface area contributed by atoms with Crippen molar-refractivity contribution in [2.45, 2.75) is 51.4 Å². The number of ether oxygens (including phenoxy) is 2. The molecule has 0 atom stereocenters. The molecule has 1 radical (unpaired) electrons. The van der Waals surface area contributed by atoms with Crippen LogP contribution in [0.15, 0.2) is 18.2 Å². The molecule has 1 rings (SSSR count). The summed E-state index contributed by atoms with van der Waals surface area (Å²) in [5, 5.41) is 0. The minimum absolute atomic E-state index is 0.691. The Morgan fingerprint density at radius 3 is 2.14 bits per heavy atom. The fourth-order valence-electron chi connectivity index (χ4n) is 1.98. The molecule has 0 spiro atoms. The smallest absolute Gasteiger partial charge is 0.130 e. The second kappa shape index (κ2) is 12.7. The monoisotopic (exact) mass is 297 g/mol. The first-order chi connectivity index (χ1) is 10.9. The fourth-order valence-corrected chi connectivity index (χ4v) is 1.98. The van der Waals surface area contributed by atoms with Gasteiger partial charge in [0.25, 0.3) is 0 Å². The minimum Gasteiger partial charge on any atom is -0.493 e. The van der Waals surface area contributed by atoms with Gasteiger partial charge in [-0.1, -0.05) is 0 Å². The van der Waals surface area contributed by atoms with Gasteiger partial charge in [0.2, 0.25) is 0 Å². The van der Waals surface area contributed by atoms with Crippen molar-refractivity contribution in [1.29, 1.82) is 0 Å². The Hall–Kier alpha value is -2.06. The zero-order valence-corrected chi connectivity index (χ0v) is 13.3. The average molecular weight is 297 g/mol. The lowest BCUT2D eigenvalue weighted by atomic mass is 10.2. The molecule has 2 heteroatoms. The summed E-state index contributed by atoms with van der Waals surface area (Å²) in [5.41, 5.74) is 0. The van der Waals surface area contributed by atoms with Gasteiger partial charge in [0.1, 0.15) is 11.5 Å². The van der Waals surface area contributed by atoms with Crippen molar-refractivity contribution >= 4 is 0 Å². The van der Waals surface area contributed by atoms with Crippen LogP contribution >= 0.6 is 0 Å². The number of rotatable bonds is 12. The van der Waals surface area contributed by atoms with Gasteiger partial charge in [0.05, 0.1) is 13.2 Å². The highest BCUT2D eigenvalue weighted by atomic mass is 16.5. The maximum atomic E-state index is 5.71. The van der Waals surface area contributed by atoms with Crippen molar-refractivity contribution in [3.05, 3.63) is 24.3 Å². The van der Waals surface area contributed by atoms with E-state index >= 15 is 0 Å². The van der Waals surface area contributed by atoms with Gasteiger partial charge in [-0.2, -0.15) is 0 Å². The zero-order chi connectivity index (χ0) is 15.9. The Bertz CT molecular complexity index is 438. The highest BCUT2D eigenvalue weighted by Crippen LogP contribution is 2.19. The summed E-state index contributed by atoms with van der Waals surface area (Å²) in [6, 6.07) is 8.70. The largest absolute Gasteiger partial charge is 0.493 e. The van der Waals surface area contributed by atoms with Gasteiger partial charge < -0.3 is 9.47 Å². The van der Waals surface area contributed by atoms with Crippen LogP contribution in [0.1, 0.15) is 51.4 Å². The molecular weight excluding hydrogens is 272 g/mol. The zero-order valence-electron chi connectivity index (χ0n) is 13.3. The van der Waals surface area contributed by atoms with Crippen LogP contribution in [0.4, 0.5) is 0 Å². The van der Waals surface area contributed by atoms with Crippen LogP contribution in [0.2, 0.25) is 0 Å². The summed E-state index contributed by atoms with van der Waals surface area (Å²) < 4.78 is 11.4. The van der Waals surface area contributed by atoms with Gasteiger partial charge in [-0.3, -0.25) is 0 Å².